The average molecular weight is 224 g/mol. The van der Waals surface area contributed by atoms with E-state index in [0.717, 1.165) is 18.5 Å². The van der Waals surface area contributed by atoms with Crippen molar-refractivity contribution in [3.05, 3.63) is 21.6 Å². The summed E-state index contributed by atoms with van der Waals surface area (Å²) in [7, 11) is 1.80. The Labute approximate surface area is 93.4 Å². The number of hydrogen-bond acceptors (Lipinski definition) is 3. The lowest BCUT2D eigenvalue weighted by molar-refractivity contribution is -0.145. The molecule has 1 atom stereocenters. The zero-order valence-corrected chi connectivity index (χ0v) is 9.58. The molecule has 1 N–H and O–H groups in total. The summed E-state index contributed by atoms with van der Waals surface area (Å²) < 4.78 is 6.71. The Kier molecular flexibility index (Phi) is 2.85. The van der Waals surface area contributed by atoms with Gasteiger partial charge in [-0.2, -0.15) is 0 Å². The van der Waals surface area contributed by atoms with Crippen molar-refractivity contribution in [2.45, 2.75) is 32.1 Å². The maximum atomic E-state index is 11.7. The highest BCUT2D eigenvalue weighted by Gasteiger charge is 2.32. The molecule has 0 fully saturated rings. The number of carbonyl (C=O) groups is 1. The Hall–Kier alpha value is -1.52. The minimum Gasteiger partial charge on any atom is -0.466 e. The Morgan fingerprint density at radius 3 is 3.06 bits per heavy atom. The van der Waals surface area contributed by atoms with Gasteiger partial charge in [0, 0.05) is 12.7 Å². The van der Waals surface area contributed by atoms with Gasteiger partial charge in [0.25, 0.3) is 5.56 Å². The van der Waals surface area contributed by atoms with Gasteiger partial charge in [0.1, 0.15) is 0 Å². The number of nitrogens with one attached hydrogen (secondary N) is 1. The minimum absolute atomic E-state index is 0.157. The van der Waals surface area contributed by atoms with Crippen LogP contribution in [0.2, 0.25) is 0 Å². The SMILES string of the molecule is CCOC(=O)C1CCCc2c1c(=O)[nH]n2C. The van der Waals surface area contributed by atoms with E-state index in [1.54, 1.807) is 18.7 Å². The quantitative estimate of drug-likeness (QED) is 0.752. The van der Waals surface area contributed by atoms with E-state index in [4.69, 9.17) is 4.74 Å². The Morgan fingerprint density at radius 1 is 1.62 bits per heavy atom. The molecule has 1 unspecified atom stereocenters. The van der Waals surface area contributed by atoms with Crippen molar-refractivity contribution >= 4 is 5.97 Å². The first-order chi connectivity index (χ1) is 7.65. The molecule has 0 spiro atoms. The first-order valence-electron chi connectivity index (χ1n) is 5.59. The number of aromatic amines is 1. The van der Waals surface area contributed by atoms with Gasteiger partial charge in [-0.3, -0.25) is 19.4 Å². The molecule has 88 valence electrons. The zero-order chi connectivity index (χ0) is 11.7. The average Bonchev–Trinajstić information content (AvgIpc) is 2.55. The molecule has 0 saturated heterocycles. The predicted molar refractivity (Wildman–Crippen MR) is 58.3 cm³/mol. The third-order valence-electron chi connectivity index (χ3n) is 3.06. The summed E-state index contributed by atoms with van der Waals surface area (Å²) in [5, 5.41) is 2.70. The number of rotatable bonds is 2. The molecule has 0 amide bonds. The number of fused-ring (bicyclic) bond motifs is 1. The second kappa shape index (κ2) is 4.15. The summed E-state index contributed by atoms with van der Waals surface area (Å²) in [5.74, 6) is -0.659. The molecule has 1 aliphatic rings. The number of H-pyrrole nitrogens is 1. The van der Waals surface area contributed by atoms with Gasteiger partial charge in [0.05, 0.1) is 18.1 Å². The van der Waals surface area contributed by atoms with Crippen molar-refractivity contribution in [1.29, 1.82) is 0 Å². The summed E-state index contributed by atoms with van der Waals surface area (Å²) in [5.41, 5.74) is 1.39. The highest BCUT2D eigenvalue weighted by Crippen LogP contribution is 2.29. The van der Waals surface area contributed by atoms with Crippen LogP contribution in [-0.4, -0.2) is 22.4 Å². The third kappa shape index (κ3) is 1.66. The number of hydrogen-bond donors (Lipinski definition) is 1. The molecule has 1 heterocycles. The number of carbonyl (C=O) groups excluding carboxylic acids is 1. The van der Waals surface area contributed by atoms with Crippen molar-refractivity contribution in [1.82, 2.24) is 9.78 Å². The zero-order valence-electron chi connectivity index (χ0n) is 9.58. The van der Waals surface area contributed by atoms with Crippen molar-refractivity contribution in [3.8, 4) is 0 Å². The molecule has 0 radical (unpaired) electrons. The Balaban J connectivity index is 2.40. The van der Waals surface area contributed by atoms with Crippen molar-refractivity contribution < 1.29 is 9.53 Å². The minimum atomic E-state index is -0.381. The third-order valence-corrected chi connectivity index (χ3v) is 3.06. The van der Waals surface area contributed by atoms with E-state index in [1.165, 1.54) is 0 Å². The Morgan fingerprint density at radius 2 is 2.38 bits per heavy atom. The van der Waals surface area contributed by atoms with E-state index < -0.39 is 0 Å². The molecule has 0 bridgehead atoms. The van der Waals surface area contributed by atoms with Gasteiger partial charge < -0.3 is 4.74 Å². The molecule has 1 aromatic rings. The van der Waals surface area contributed by atoms with Crippen molar-refractivity contribution in [3.63, 3.8) is 0 Å². The van der Waals surface area contributed by atoms with Crippen LogP contribution in [0.15, 0.2) is 4.79 Å². The van der Waals surface area contributed by atoms with Crippen LogP contribution in [-0.2, 0) is 23.0 Å². The molecule has 5 heteroatoms. The molecule has 5 nitrogen and oxygen atoms in total. The topological polar surface area (TPSA) is 64.1 Å². The van der Waals surface area contributed by atoms with Gasteiger partial charge in [-0.15, -0.1) is 0 Å². The normalized spacial score (nSPS) is 19.2. The summed E-state index contributed by atoms with van der Waals surface area (Å²) in [6.07, 6.45) is 2.47. The second-order valence-corrected chi connectivity index (χ2v) is 4.06. The predicted octanol–water partition coefficient (Wildman–Crippen LogP) is 0.696. The van der Waals surface area contributed by atoms with E-state index in [-0.39, 0.29) is 17.4 Å². The monoisotopic (exact) mass is 224 g/mol. The maximum absolute atomic E-state index is 11.7. The molecule has 1 aliphatic carbocycles. The fourth-order valence-electron chi connectivity index (χ4n) is 2.35. The molecular weight excluding hydrogens is 208 g/mol. The highest BCUT2D eigenvalue weighted by atomic mass is 16.5. The summed E-state index contributed by atoms with van der Waals surface area (Å²) in [6, 6.07) is 0. The number of ether oxygens (including phenoxy) is 1. The van der Waals surface area contributed by atoms with Gasteiger partial charge in [-0.05, 0) is 26.2 Å². The van der Waals surface area contributed by atoms with Crippen molar-refractivity contribution in [2.24, 2.45) is 7.05 Å². The lowest BCUT2D eigenvalue weighted by Gasteiger charge is -2.20. The van der Waals surface area contributed by atoms with Crippen LogP contribution >= 0.6 is 0 Å². The van der Waals surface area contributed by atoms with Crippen LogP contribution in [0.4, 0.5) is 0 Å². The molecule has 16 heavy (non-hydrogen) atoms. The molecular formula is C11H16N2O3. The molecule has 1 aromatic heterocycles. The summed E-state index contributed by atoms with van der Waals surface area (Å²) in [6.45, 7) is 2.13. The smallest absolute Gasteiger partial charge is 0.313 e. The van der Waals surface area contributed by atoms with Crippen LogP contribution in [0.25, 0.3) is 0 Å². The fourth-order valence-corrected chi connectivity index (χ4v) is 2.35. The summed E-state index contributed by atoms with van der Waals surface area (Å²) >= 11 is 0. The van der Waals surface area contributed by atoms with Gasteiger partial charge in [-0.1, -0.05) is 0 Å². The fraction of sp³-hybridized carbons (Fsp3) is 0.636. The van der Waals surface area contributed by atoms with Crippen LogP contribution in [0.1, 0.15) is 36.9 Å². The number of nitrogens with zero attached hydrogens (tertiary/aromatic N) is 1. The van der Waals surface area contributed by atoms with E-state index in [1.807, 2.05) is 0 Å². The molecule has 0 aliphatic heterocycles. The van der Waals surface area contributed by atoms with E-state index in [9.17, 15) is 9.59 Å². The lowest BCUT2D eigenvalue weighted by Crippen LogP contribution is -2.25. The van der Waals surface area contributed by atoms with Gasteiger partial charge in [0.2, 0.25) is 0 Å². The van der Waals surface area contributed by atoms with Crippen LogP contribution < -0.4 is 5.56 Å². The number of aryl methyl sites for hydroxylation is 1. The van der Waals surface area contributed by atoms with Gasteiger partial charge >= 0.3 is 5.97 Å². The van der Waals surface area contributed by atoms with Crippen LogP contribution in [0.3, 0.4) is 0 Å². The molecule has 0 saturated carbocycles. The van der Waals surface area contributed by atoms with E-state index in [0.29, 0.717) is 18.6 Å². The van der Waals surface area contributed by atoms with Gasteiger partial charge in [-0.25, -0.2) is 0 Å². The lowest BCUT2D eigenvalue weighted by atomic mass is 9.87. The maximum Gasteiger partial charge on any atom is 0.313 e. The largest absolute Gasteiger partial charge is 0.466 e. The van der Waals surface area contributed by atoms with Crippen molar-refractivity contribution in [2.75, 3.05) is 6.61 Å². The first kappa shape index (κ1) is 11.0. The Bertz CT molecular complexity index is 458. The highest BCUT2D eigenvalue weighted by molar-refractivity contribution is 5.78. The van der Waals surface area contributed by atoms with Crippen LogP contribution in [0.5, 0.6) is 0 Å². The second-order valence-electron chi connectivity index (χ2n) is 4.06. The van der Waals surface area contributed by atoms with E-state index in [2.05, 4.69) is 5.10 Å². The number of esters is 1. The molecule has 2 rings (SSSR count). The summed E-state index contributed by atoms with van der Waals surface area (Å²) in [4.78, 5) is 23.5. The van der Waals surface area contributed by atoms with Crippen LogP contribution in [0, 0.1) is 0 Å². The first-order valence-corrected chi connectivity index (χ1v) is 5.59. The number of aromatic nitrogens is 2. The molecule has 0 aromatic carbocycles. The standard InChI is InChI=1S/C11H16N2O3/c1-3-16-11(15)7-5-4-6-8-9(7)10(14)12-13(8)2/h7H,3-6H2,1-2H3,(H,12,14). The van der Waals surface area contributed by atoms with E-state index >= 15 is 0 Å². The van der Waals surface area contributed by atoms with Gasteiger partial charge in [0.15, 0.2) is 0 Å².